The minimum atomic E-state index is 0.275. The molecule has 0 aliphatic carbocycles. The summed E-state index contributed by atoms with van der Waals surface area (Å²) in [4.78, 5) is 10.4. The summed E-state index contributed by atoms with van der Waals surface area (Å²) in [6, 6.07) is 0. The minimum Gasteiger partial charge on any atom is -0.287 e. The fourth-order valence-corrected chi connectivity index (χ4v) is 1.20. The van der Waals surface area contributed by atoms with Gasteiger partial charge in [-0.3, -0.25) is 4.79 Å². The van der Waals surface area contributed by atoms with Gasteiger partial charge in [0, 0.05) is 6.42 Å². The fourth-order valence-electron chi connectivity index (χ4n) is 0.477. The van der Waals surface area contributed by atoms with E-state index in [2.05, 4.69) is 0 Å². The van der Waals surface area contributed by atoms with Crippen LogP contribution in [0.4, 0.5) is 0 Å². The van der Waals surface area contributed by atoms with E-state index in [9.17, 15) is 4.79 Å². The van der Waals surface area contributed by atoms with E-state index in [0.717, 1.165) is 0 Å². The van der Waals surface area contributed by atoms with E-state index in [4.69, 9.17) is 0 Å². The van der Waals surface area contributed by atoms with Crippen LogP contribution >= 0.6 is 11.8 Å². The molecule has 0 spiro atoms. The molecule has 0 amide bonds. The Morgan fingerprint density at radius 2 is 2.57 bits per heavy atom. The number of carbonyl (C=O) groups is 1. The standard InChI is InChI=1S/C5H6OS/c1-4-2-5(6)7-3-4/h3H,2H2,1H3. The van der Waals surface area contributed by atoms with Gasteiger partial charge < -0.3 is 0 Å². The van der Waals surface area contributed by atoms with Gasteiger partial charge in [-0.1, -0.05) is 17.3 Å². The van der Waals surface area contributed by atoms with E-state index in [-0.39, 0.29) is 5.12 Å². The second kappa shape index (κ2) is 1.70. The lowest BCUT2D eigenvalue weighted by Crippen LogP contribution is -1.80. The van der Waals surface area contributed by atoms with Crippen LogP contribution in [0.1, 0.15) is 13.3 Å². The molecule has 1 heterocycles. The normalized spacial score (nSPS) is 20.1. The van der Waals surface area contributed by atoms with Gasteiger partial charge in [-0.05, 0) is 12.3 Å². The van der Waals surface area contributed by atoms with E-state index in [1.165, 1.54) is 17.3 Å². The number of allylic oxidation sites excluding steroid dienone is 1. The Labute approximate surface area is 46.8 Å². The molecule has 0 aromatic carbocycles. The highest BCUT2D eigenvalue weighted by Crippen LogP contribution is 2.22. The molecule has 0 aromatic heterocycles. The minimum absolute atomic E-state index is 0.275. The molecule has 0 bridgehead atoms. The first-order chi connectivity index (χ1) is 3.29. The highest BCUT2D eigenvalue weighted by atomic mass is 32.2. The summed E-state index contributed by atoms with van der Waals surface area (Å²) in [6.45, 7) is 1.97. The second-order valence-corrected chi connectivity index (χ2v) is 2.56. The van der Waals surface area contributed by atoms with E-state index >= 15 is 0 Å². The summed E-state index contributed by atoms with van der Waals surface area (Å²) >= 11 is 1.30. The maximum atomic E-state index is 10.4. The van der Waals surface area contributed by atoms with Gasteiger partial charge in [-0.25, -0.2) is 0 Å². The zero-order valence-corrected chi connectivity index (χ0v) is 4.92. The quantitative estimate of drug-likeness (QED) is 0.475. The number of hydrogen-bond donors (Lipinski definition) is 0. The number of carbonyl (C=O) groups excluding carboxylic acids is 1. The molecule has 0 radical (unpaired) electrons. The Bertz CT molecular complexity index is 126. The Kier molecular flexibility index (Phi) is 1.19. The largest absolute Gasteiger partial charge is 0.287 e. The van der Waals surface area contributed by atoms with Gasteiger partial charge in [0.2, 0.25) is 0 Å². The van der Waals surface area contributed by atoms with Gasteiger partial charge >= 0.3 is 0 Å². The van der Waals surface area contributed by atoms with Gasteiger partial charge in [-0.2, -0.15) is 0 Å². The lowest BCUT2D eigenvalue weighted by Gasteiger charge is -1.78. The van der Waals surface area contributed by atoms with E-state index in [1.807, 2.05) is 12.3 Å². The number of rotatable bonds is 0. The average Bonchev–Trinajstić information content (AvgIpc) is 1.87. The first kappa shape index (κ1) is 4.91. The topological polar surface area (TPSA) is 17.1 Å². The predicted molar refractivity (Wildman–Crippen MR) is 31.0 cm³/mol. The highest BCUT2D eigenvalue weighted by Gasteiger charge is 2.07. The third-order valence-electron chi connectivity index (χ3n) is 0.815. The van der Waals surface area contributed by atoms with Crippen LogP contribution in [0.15, 0.2) is 11.0 Å². The molecule has 1 nitrogen and oxygen atoms in total. The van der Waals surface area contributed by atoms with E-state index in [1.54, 1.807) is 0 Å². The van der Waals surface area contributed by atoms with Crippen LogP contribution < -0.4 is 0 Å². The van der Waals surface area contributed by atoms with Gasteiger partial charge in [0.15, 0.2) is 5.12 Å². The first-order valence-corrected chi connectivity index (χ1v) is 3.02. The Morgan fingerprint density at radius 1 is 1.86 bits per heavy atom. The fraction of sp³-hybridized carbons (Fsp3) is 0.400. The molecular formula is C5H6OS. The second-order valence-electron chi connectivity index (χ2n) is 1.63. The van der Waals surface area contributed by atoms with Crippen molar-refractivity contribution in [3.05, 3.63) is 11.0 Å². The smallest absolute Gasteiger partial charge is 0.197 e. The van der Waals surface area contributed by atoms with Crippen LogP contribution in [0, 0.1) is 0 Å². The van der Waals surface area contributed by atoms with Crippen molar-refractivity contribution in [3.63, 3.8) is 0 Å². The molecule has 1 rings (SSSR count). The molecule has 1 aliphatic heterocycles. The Balaban J connectivity index is 2.58. The van der Waals surface area contributed by atoms with Crippen LogP contribution in [0.5, 0.6) is 0 Å². The molecule has 0 atom stereocenters. The van der Waals surface area contributed by atoms with Crippen molar-refractivity contribution in [3.8, 4) is 0 Å². The summed E-state index contributed by atoms with van der Waals surface area (Å²) in [5.41, 5.74) is 1.19. The van der Waals surface area contributed by atoms with Gasteiger partial charge in [0.05, 0.1) is 0 Å². The highest BCUT2D eigenvalue weighted by molar-refractivity contribution is 8.16. The molecule has 38 valence electrons. The molecule has 2 heteroatoms. The Morgan fingerprint density at radius 3 is 2.71 bits per heavy atom. The summed E-state index contributed by atoms with van der Waals surface area (Å²) in [7, 11) is 0. The van der Waals surface area contributed by atoms with Crippen LogP contribution in [-0.2, 0) is 4.79 Å². The number of thioether (sulfide) groups is 1. The molecule has 7 heavy (non-hydrogen) atoms. The SMILES string of the molecule is CC1=CSC(=O)C1. The van der Waals surface area contributed by atoms with E-state index in [0.29, 0.717) is 6.42 Å². The van der Waals surface area contributed by atoms with Crippen molar-refractivity contribution >= 4 is 16.9 Å². The molecule has 0 N–H and O–H groups in total. The van der Waals surface area contributed by atoms with Crippen molar-refractivity contribution in [2.24, 2.45) is 0 Å². The molecule has 0 saturated carbocycles. The van der Waals surface area contributed by atoms with E-state index < -0.39 is 0 Å². The van der Waals surface area contributed by atoms with Gasteiger partial charge in [0.1, 0.15) is 0 Å². The molecule has 0 saturated heterocycles. The maximum absolute atomic E-state index is 10.4. The lowest BCUT2D eigenvalue weighted by atomic mass is 10.3. The Hall–Kier alpha value is -0.240. The van der Waals surface area contributed by atoms with Crippen LogP contribution in [0.25, 0.3) is 0 Å². The monoisotopic (exact) mass is 114 g/mol. The van der Waals surface area contributed by atoms with Crippen LogP contribution in [-0.4, -0.2) is 5.12 Å². The zero-order valence-electron chi connectivity index (χ0n) is 4.10. The molecular weight excluding hydrogens is 108 g/mol. The molecule has 0 unspecified atom stereocenters. The third kappa shape index (κ3) is 1.06. The molecule has 0 aromatic rings. The maximum Gasteiger partial charge on any atom is 0.197 e. The summed E-state index contributed by atoms with van der Waals surface area (Å²) in [5.74, 6) is 0. The van der Waals surface area contributed by atoms with Gasteiger partial charge in [0.25, 0.3) is 0 Å². The van der Waals surface area contributed by atoms with Crippen LogP contribution in [0.2, 0.25) is 0 Å². The van der Waals surface area contributed by atoms with Gasteiger partial charge in [-0.15, -0.1) is 0 Å². The summed E-state index contributed by atoms with van der Waals surface area (Å²) < 4.78 is 0. The lowest BCUT2D eigenvalue weighted by molar-refractivity contribution is -0.110. The van der Waals surface area contributed by atoms with Crippen molar-refractivity contribution in [1.29, 1.82) is 0 Å². The van der Waals surface area contributed by atoms with Crippen LogP contribution in [0.3, 0.4) is 0 Å². The average molecular weight is 114 g/mol. The predicted octanol–water partition coefficient (Wildman–Crippen LogP) is 1.55. The first-order valence-electron chi connectivity index (χ1n) is 2.14. The molecule has 0 fully saturated rings. The van der Waals surface area contributed by atoms with Crippen molar-refractivity contribution < 1.29 is 4.79 Å². The zero-order chi connectivity index (χ0) is 5.28. The summed E-state index contributed by atoms with van der Waals surface area (Å²) in [5, 5.41) is 2.18. The van der Waals surface area contributed by atoms with Crippen molar-refractivity contribution in [1.82, 2.24) is 0 Å². The number of hydrogen-bond acceptors (Lipinski definition) is 2. The van der Waals surface area contributed by atoms with Crippen molar-refractivity contribution in [2.45, 2.75) is 13.3 Å². The van der Waals surface area contributed by atoms with Crippen molar-refractivity contribution in [2.75, 3.05) is 0 Å². The third-order valence-corrected chi connectivity index (χ3v) is 1.74. The summed E-state index contributed by atoms with van der Waals surface area (Å²) in [6.07, 6.45) is 0.657. The molecule has 1 aliphatic rings.